The SMILES string of the molecule is c1ccc(N(c2ccc3c(c2)Cc2ccccc2-3)c2ccc3c4cccc5c6cc7c(cc6n(c3c2)c45)c2cccc3c4ccc(N(c5ccccc5)c5ccc6c(c5)Cc5ccccc5-6)cc4n7c32)cc1. The van der Waals surface area contributed by atoms with Crippen molar-refractivity contribution >= 4 is 110 Å². The third kappa shape index (κ3) is 5.15. The van der Waals surface area contributed by atoms with E-state index in [9.17, 15) is 0 Å². The number of benzene rings is 11. The highest BCUT2D eigenvalue weighted by molar-refractivity contribution is 6.29. The summed E-state index contributed by atoms with van der Waals surface area (Å²) in [5, 5.41) is 10.2. The molecule has 0 radical (unpaired) electrons. The van der Waals surface area contributed by atoms with Crippen molar-refractivity contribution in [3.63, 3.8) is 0 Å². The second-order valence-electron chi connectivity index (χ2n) is 20.1. The number of anilines is 6. The molecular weight excluding hydrogens is 873 g/mol. The number of fused-ring (bicyclic) bond motifs is 18. The van der Waals surface area contributed by atoms with Crippen molar-refractivity contribution in [1.29, 1.82) is 0 Å². The van der Waals surface area contributed by atoms with Gasteiger partial charge in [-0.25, -0.2) is 0 Å². The van der Waals surface area contributed by atoms with E-state index in [1.165, 1.54) is 132 Å². The average molecular weight is 915 g/mol. The van der Waals surface area contributed by atoms with E-state index in [0.717, 1.165) is 35.6 Å². The summed E-state index contributed by atoms with van der Waals surface area (Å²) < 4.78 is 5.11. The van der Waals surface area contributed by atoms with Gasteiger partial charge in [0.2, 0.25) is 0 Å². The maximum Gasteiger partial charge on any atom is 0.0620 e. The third-order valence-corrected chi connectivity index (χ3v) is 16.3. The van der Waals surface area contributed by atoms with Crippen molar-refractivity contribution in [1.82, 2.24) is 8.80 Å². The standard InChI is InChI=1S/C68H42N4/c1-3-15-45(16-4-1)69(47-25-29-53-43(35-47)33-41-13-7-9-19-51(41)53)49-27-31-55-57-21-11-23-59-61-40-66-62(39-65(61)71(67(57)59)63(55)37-49)60-24-12-22-58-56-32-28-50(38-64(56)72(66)68(58)60)70(46-17-5-2-6-18-46)48-26-30-54-44(36-48)34-42-14-8-10-20-52(42)54/h1-32,35-40H,33-34H2. The zero-order chi connectivity index (χ0) is 46.8. The molecule has 11 aromatic carbocycles. The summed E-state index contributed by atoms with van der Waals surface area (Å²) >= 11 is 0. The molecule has 0 bridgehead atoms. The smallest absolute Gasteiger partial charge is 0.0620 e. The van der Waals surface area contributed by atoms with Crippen molar-refractivity contribution in [2.75, 3.05) is 9.80 Å². The van der Waals surface area contributed by atoms with Crippen molar-refractivity contribution in [2.24, 2.45) is 0 Å². The molecule has 0 saturated heterocycles. The Hall–Kier alpha value is -9.38. The zero-order valence-corrected chi connectivity index (χ0v) is 39.1. The van der Waals surface area contributed by atoms with Crippen LogP contribution in [-0.4, -0.2) is 8.80 Å². The predicted molar refractivity (Wildman–Crippen MR) is 302 cm³/mol. The number of para-hydroxylation sites is 4. The maximum absolute atomic E-state index is 2.55. The Labute approximate surface area is 414 Å². The van der Waals surface area contributed by atoms with Gasteiger partial charge >= 0.3 is 0 Å². The number of hydrogen-bond acceptors (Lipinski definition) is 2. The Bertz CT molecular complexity index is 4450. The van der Waals surface area contributed by atoms with Crippen LogP contribution < -0.4 is 9.80 Å². The molecule has 15 aromatic rings. The second kappa shape index (κ2) is 14.1. The van der Waals surface area contributed by atoms with E-state index in [1.54, 1.807) is 0 Å². The minimum absolute atomic E-state index is 0.950. The number of aromatic nitrogens is 2. The van der Waals surface area contributed by atoms with Crippen LogP contribution in [0.25, 0.3) is 98.4 Å². The molecule has 0 N–H and O–H groups in total. The number of hydrogen-bond donors (Lipinski definition) is 0. The molecule has 0 fully saturated rings. The fraction of sp³-hybridized carbons (Fsp3) is 0.0294. The molecule has 4 heterocycles. The maximum atomic E-state index is 2.55. The molecule has 4 aromatic heterocycles. The highest BCUT2D eigenvalue weighted by atomic mass is 15.1. The van der Waals surface area contributed by atoms with Gasteiger partial charge in [0.05, 0.1) is 33.1 Å². The van der Waals surface area contributed by atoms with Gasteiger partial charge in [-0.1, -0.05) is 146 Å². The van der Waals surface area contributed by atoms with E-state index in [-0.39, 0.29) is 0 Å². The molecule has 334 valence electrons. The van der Waals surface area contributed by atoms with Crippen molar-refractivity contribution < 1.29 is 0 Å². The summed E-state index contributed by atoms with van der Waals surface area (Å²) in [6.07, 6.45) is 1.90. The molecule has 0 unspecified atom stereocenters. The Kier molecular flexibility index (Phi) is 7.55. The summed E-state index contributed by atoms with van der Waals surface area (Å²) in [5.41, 5.74) is 25.3. The van der Waals surface area contributed by atoms with Gasteiger partial charge in [-0.2, -0.15) is 0 Å². The van der Waals surface area contributed by atoms with Crippen molar-refractivity contribution in [3.05, 3.63) is 253 Å². The van der Waals surface area contributed by atoms with Gasteiger partial charge in [-0.3, -0.25) is 0 Å². The molecular formula is C68H42N4. The molecule has 0 saturated carbocycles. The largest absolute Gasteiger partial charge is 0.310 e. The minimum atomic E-state index is 0.950. The lowest BCUT2D eigenvalue weighted by Gasteiger charge is -2.26. The van der Waals surface area contributed by atoms with Crippen LogP contribution in [0.5, 0.6) is 0 Å². The summed E-state index contributed by atoms with van der Waals surface area (Å²) in [5.74, 6) is 0. The summed E-state index contributed by atoms with van der Waals surface area (Å²) in [4.78, 5) is 4.87. The second-order valence-corrected chi connectivity index (χ2v) is 20.1. The highest BCUT2D eigenvalue weighted by Gasteiger charge is 2.27. The summed E-state index contributed by atoms with van der Waals surface area (Å²) in [6, 6.07) is 86.4. The molecule has 2 aliphatic carbocycles. The van der Waals surface area contributed by atoms with Crippen LogP contribution in [0.1, 0.15) is 22.3 Å². The number of nitrogens with zero attached hydrogens (tertiary/aromatic N) is 4. The zero-order valence-electron chi connectivity index (χ0n) is 39.1. The Morgan fingerprint density at radius 3 is 1.06 bits per heavy atom. The molecule has 4 nitrogen and oxygen atoms in total. The van der Waals surface area contributed by atoms with E-state index in [0.29, 0.717) is 0 Å². The van der Waals surface area contributed by atoms with Crippen LogP contribution in [0.2, 0.25) is 0 Å². The third-order valence-electron chi connectivity index (χ3n) is 16.3. The van der Waals surface area contributed by atoms with Crippen LogP contribution in [0.15, 0.2) is 231 Å². The van der Waals surface area contributed by atoms with Gasteiger partial charge in [0.15, 0.2) is 0 Å². The minimum Gasteiger partial charge on any atom is -0.310 e. The van der Waals surface area contributed by atoms with Gasteiger partial charge < -0.3 is 18.6 Å². The Balaban J connectivity index is 0.866. The van der Waals surface area contributed by atoms with Crippen LogP contribution in [0, 0.1) is 0 Å². The van der Waals surface area contributed by atoms with E-state index in [2.05, 4.69) is 249 Å². The van der Waals surface area contributed by atoms with Gasteiger partial charge in [-0.15, -0.1) is 0 Å². The fourth-order valence-corrected chi connectivity index (χ4v) is 13.3. The first kappa shape index (κ1) is 38.5. The first-order valence-electron chi connectivity index (χ1n) is 25.2. The van der Waals surface area contributed by atoms with Gasteiger partial charge in [0.25, 0.3) is 0 Å². The monoisotopic (exact) mass is 914 g/mol. The topological polar surface area (TPSA) is 15.3 Å². The van der Waals surface area contributed by atoms with E-state index in [1.807, 2.05) is 0 Å². The molecule has 0 aliphatic heterocycles. The molecule has 0 spiro atoms. The average Bonchev–Trinajstić information content (AvgIpc) is 4.28. The molecule has 17 rings (SSSR count). The van der Waals surface area contributed by atoms with Crippen molar-refractivity contribution in [3.8, 4) is 22.3 Å². The Morgan fingerprint density at radius 2 is 0.597 bits per heavy atom. The fourth-order valence-electron chi connectivity index (χ4n) is 13.3. The molecule has 2 aliphatic rings. The lowest BCUT2D eigenvalue weighted by molar-refractivity contribution is 1.23. The van der Waals surface area contributed by atoms with Crippen LogP contribution in [-0.2, 0) is 12.8 Å². The van der Waals surface area contributed by atoms with Crippen LogP contribution in [0.4, 0.5) is 34.1 Å². The highest BCUT2D eigenvalue weighted by Crippen LogP contribution is 2.49. The first-order chi connectivity index (χ1) is 35.7. The molecule has 72 heavy (non-hydrogen) atoms. The normalized spacial score (nSPS) is 12.9. The van der Waals surface area contributed by atoms with E-state index in [4.69, 9.17) is 0 Å². The lowest BCUT2D eigenvalue weighted by atomic mass is 10.0. The van der Waals surface area contributed by atoms with E-state index >= 15 is 0 Å². The van der Waals surface area contributed by atoms with Gasteiger partial charge in [0.1, 0.15) is 0 Å². The molecule has 4 heteroatoms. The van der Waals surface area contributed by atoms with Crippen LogP contribution >= 0.6 is 0 Å². The molecule has 0 atom stereocenters. The first-order valence-corrected chi connectivity index (χ1v) is 25.2. The molecule has 0 amide bonds. The van der Waals surface area contributed by atoms with Crippen LogP contribution in [0.3, 0.4) is 0 Å². The summed E-state index contributed by atoms with van der Waals surface area (Å²) in [6.45, 7) is 0. The van der Waals surface area contributed by atoms with E-state index < -0.39 is 0 Å². The van der Waals surface area contributed by atoms with Gasteiger partial charge in [0, 0.05) is 77.2 Å². The lowest BCUT2D eigenvalue weighted by Crippen LogP contribution is -2.10. The Morgan fingerprint density at radius 1 is 0.236 bits per heavy atom. The summed E-state index contributed by atoms with van der Waals surface area (Å²) in [7, 11) is 0. The number of rotatable bonds is 6. The van der Waals surface area contributed by atoms with Gasteiger partial charge in [-0.05, 0) is 142 Å². The quantitative estimate of drug-likeness (QED) is 0.165. The van der Waals surface area contributed by atoms with Crippen molar-refractivity contribution in [2.45, 2.75) is 12.8 Å². The predicted octanol–water partition coefficient (Wildman–Crippen LogP) is 18.1.